The monoisotopic (exact) mass is 148 g/mol. The van der Waals surface area contributed by atoms with Crippen molar-refractivity contribution in [1.82, 2.24) is 0 Å². The molecule has 0 heterocycles. The summed E-state index contributed by atoms with van der Waals surface area (Å²) in [5.74, 6) is 0. The SMILES string of the molecule is C=CCO.[Zr]. The van der Waals surface area contributed by atoms with Gasteiger partial charge in [0.25, 0.3) is 0 Å². The third kappa shape index (κ3) is 12.2. The summed E-state index contributed by atoms with van der Waals surface area (Å²) in [7, 11) is 0. The first-order valence-corrected chi connectivity index (χ1v) is 1.13. The Hall–Kier alpha value is 0.583. The van der Waals surface area contributed by atoms with E-state index in [4.69, 9.17) is 5.11 Å². The van der Waals surface area contributed by atoms with Gasteiger partial charge in [0.2, 0.25) is 0 Å². The molecular formula is C3H6OZr. The van der Waals surface area contributed by atoms with E-state index < -0.39 is 0 Å². The molecule has 0 rings (SSSR count). The molecule has 5 heavy (non-hydrogen) atoms. The van der Waals surface area contributed by atoms with Crippen LogP contribution in [0, 0.1) is 0 Å². The van der Waals surface area contributed by atoms with Gasteiger partial charge in [0.1, 0.15) is 0 Å². The molecule has 0 atom stereocenters. The molecular weight excluding hydrogens is 143 g/mol. The fourth-order valence-corrected chi connectivity index (χ4v) is 0. The zero-order valence-corrected chi connectivity index (χ0v) is 5.40. The molecule has 0 aliphatic rings. The van der Waals surface area contributed by atoms with Crippen LogP contribution in [0.25, 0.3) is 0 Å². The van der Waals surface area contributed by atoms with Gasteiger partial charge in [-0.2, -0.15) is 0 Å². The maximum atomic E-state index is 7.76. The van der Waals surface area contributed by atoms with Gasteiger partial charge in [-0.15, -0.1) is 6.58 Å². The van der Waals surface area contributed by atoms with E-state index in [1.54, 1.807) is 0 Å². The molecule has 1 N–H and O–H groups in total. The van der Waals surface area contributed by atoms with Gasteiger partial charge >= 0.3 is 0 Å². The summed E-state index contributed by atoms with van der Waals surface area (Å²) in [5, 5.41) is 7.76. The molecule has 28 valence electrons. The van der Waals surface area contributed by atoms with E-state index in [1.165, 1.54) is 6.08 Å². The molecule has 0 fully saturated rings. The zero-order chi connectivity index (χ0) is 3.41. The third-order valence-corrected chi connectivity index (χ3v) is 0.129. The fraction of sp³-hybridized carbons (Fsp3) is 0.333. The first kappa shape index (κ1) is 9.13. The van der Waals surface area contributed by atoms with E-state index in [1.807, 2.05) is 0 Å². The van der Waals surface area contributed by atoms with Crippen molar-refractivity contribution < 1.29 is 31.3 Å². The number of aliphatic hydroxyl groups excluding tert-OH is 1. The fourth-order valence-electron chi connectivity index (χ4n) is 0. The molecule has 0 saturated carbocycles. The summed E-state index contributed by atoms with van der Waals surface area (Å²) < 4.78 is 0. The molecule has 0 saturated heterocycles. The molecule has 0 radical (unpaired) electrons. The Morgan fingerprint density at radius 3 is 2.00 bits per heavy atom. The van der Waals surface area contributed by atoms with Gasteiger partial charge in [0.15, 0.2) is 0 Å². The first-order valence-electron chi connectivity index (χ1n) is 1.13. The first-order chi connectivity index (χ1) is 1.91. The Morgan fingerprint density at radius 1 is 1.80 bits per heavy atom. The van der Waals surface area contributed by atoms with Crippen molar-refractivity contribution in [3.8, 4) is 0 Å². The van der Waals surface area contributed by atoms with E-state index in [0.29, 0.717) is 0 Å². The minimum Gasteiger partial charge on any atom is -0.392 e. The summed E-state index contributed by atoms with van der Waals surface area (Å²) >= 11 is 0. The zero-order valence-electron chi connectivity index (χ0n) is 2.94. The maximum absolute atomic E-state index is 7.76. The molecule has 0 unspecified atom stereocenters. The Labute approximate surface area is 50.8 Å². The van der Waals surface area contributed by atoms with E-state index in [9.17, 15) is 0 Å². The smallest absolute Gasteiger partial charge is 0.0609 e. The largest absolute Gasteiger partial charge is 0.392 e. The second kappa shape index (κ2) is 8.82. The van der Waals surface area contributed by atoms with Gasteiger partial charge < -0.3 is 5.11 Å². The van der Waals surface area contributed by atoms with Gasteiger partial charge in [0, 0.05) is 26.2 Å². The second-order valence-corrected chi connectivity index (χ2v) is 0.471. The predicted molar refractivity (Wildman–Crippen MR) is 17.3 cm³/mol. The van der Waals surface area contributed by atoms with Crippen LogP contribution in [-0.4, -0.2) is 11.7 Å². The number of rotatable bonds is 1. The number of hydrogen-bond donors (Lipinski definition) is 1. The van der Waals surface area contributed by atoms with Gasteiger partial charge in [-0.25, -0.2) is 0 Å². The average Bonchev–Trinajstić information content (AvgIpc) is 1.37. The van der Waals surface area contributed by atoms with Crippen LogP contribution < -0.4 is 0 Å². The Morgan fingerprint density at radius 2 is 2.00 bits per heavy atom. The van der Waals surface area contributed by atoms with Crippen LogP contribution >= 0.6 is 0 Å². The van der Waals surface area contributed by atoms with Crippen LogP contribution in [-0.2, 0) is 26.2 Å². The molecule has 0 aliphatic heterocycles. The number of hydrogen-bond acceptors (Lipinski definition) is 1. The van der Waals surface area contributed by atoms with Crippen LogP contribution in [0.1, 0.15) is 0 Å². The van der Waals surface area contributed by atoms with E-state index in [-0.39, 0.29) is 32.8 Å². The van der Waals surface area contributed by atoms with E-state index in [2.05, 4.69) is 6.58 Å². The van der Waals surface area contributed by atoms with E-state index in [0.717, 1.165) is 0 Å². The molecule has 0 bridgehead atoms. The van der Waals surface area contributed by atoms with Crippen molar-refractivity contribution in [2.75, 3.05) is 6.61 Å². The van der Waals surface area contributed by atoms with Gasteiger partial charge in [-0.3, -0.25) is 0 Å². The molecule has 0 amide bonds. The van der Waals surface area contributed by atoms with Crippen LogP contribution in [0.5, 0.6) is 0 Å². The Balaban J connectivity index is 0. The average molecular weight is 149 g/mol. The quantitative estimate of drug-likeness (QED) is 0.527. The van der Waals surface area contributed by atoms with Gasteiger partial charge in [0.05, 0.1) is 6.61 Å². The van der Waals surface area contributed by atoms with Gasteiger partial charge in [-0.05, 0) is 0 Å². The third-order valence-electron chi connectivity index (χ3n) is 0.129. The van der Waals surface area contributed by atoms with Crippen LogP contribution in [0.3, 0.4) is 0 Å². The van der Waals surface area contributed by atoms with Crippen molar-refractivity contribution in [2.45, 2.75) is 0 Å². The molecule has 0 spiro atoms. The van der Waals surface area contributed by atoms with E-state index >= 15 is 0 Å². The maximum Gasteiger partial charge on any atom is 0.0609 e. The van der Waals surface area contributed by atoms with Crippen molar-refractivity contribution >= 4 is 0 Å². The number of aliphatic hydroxyl groups is 1. The summed E-state index contributed by atoms with van der Waals surface area (Å²) in [5.41, 5.74) is 0. The molecule has 0 aromatic heterocycles. The van der Waals surface area contributed by atoms with Crippen molar-refractivity contribution in [1.29, 1.82) is 0 Å². The second-order valence-electron chi connectivity index (χ2n) is 0.471. The minimum absolute atomic E-state index is 0. The predicted octanol–water partition coefficient (Wildman–Crippen LogP) is 0.162. The Kier molecular flexibility index (Phi) is 16.1. The molecule has 1 nitrogen and oxygen atoms in total. The molecule has 0 aliphatic carbocycles. The standard InChI is InChI=1S/C3H6O.Zr/c1-2-3-4;/h2,4H,1,3H2;. The summed E-state index contributed by atoms with van der Waals surface area (Å²) in [6.45, 7) is 3.31. The molecule has 0 aromatic rings. The summed E-state index contributed by atoms with van der Waals surface area (Å²) in [6.07, 6.45) is 1.43. The van der Waals surface area contributed by atoms with Crippen molar-refractivity contribution in [3.63, 3.8) is 0 Å². The summed E-state index contributed by atoms with van der Waals surface area (Å²) in [4.78, 5) is 0. The molecule has 2 heteroatoms. The van der Waals surface area contributed by atoms with Crippen molar-refractivity contribution in [2.24, 2.45) is 0 Å². The normalized spacial score (nSPS) is 5.00. The van der Waals surface area contributed by atoms with Gasteiger partial charge in [-0.1, -0.05) is 6.08 Å². The van der Waals surface area contributed by atoms with Crippen LogP contribution in [0.2, 0.25) is 0 Å². The van der Waals surface area contributed by atoms with Crippen molar-refractivity contribution in [3.05, 3.63) is 12.7 Å². The Bertz CT molecular complexity index is 20.9. The molecule has 0 aromatic carbocycles. The minimum atomic E-state index is 0. The topological polar surface area (TPSA) is 20.2 Å². The van der Waals surface area contributed by atoms with Crippen LogP contribution in [0.15, 0.2) is 12.7 Å². The van der Waals surface area contributed by atoms with Crippen LogP contribution in [0.4, 0.5) is 0 Å². The summed E-state index contributed by atoms with van der Waals surface area (Å²) in [6, 6.07) is 0.